The molecule has 12 nitrogen and oxygen atoms in total. The van der Waals surface area contributed by atoms with Gasteiger partial charge in [0.15, 0.2) is 5.82 Å². The lowest BCUT2D eigenvalue weighted by molar-refractivity contribution is -0.115. The molecule has 5 rings (SSSR count). The molecule has 2 aromatic carbocycles. The Labute approximate surface area is 212 Å². The summed E-state index contributed by atoms with van der Waals surface area (Å²) < 4.78 is 0. The van der Waals surface area contributed by atoms with Crippen LogP contribution in [0.1, 0.15) is 24.7 Å². The van der Waals surface area contributed by atoms with E-state index in [1.807, 2.05) is 54.6 Å². The van der Waals surface area contributed by atoms with E-state index in [9.17, 15) is 4.79 Å². The van der Waals surface area contributed by atoms with E-state index >= 15 is 0 Å². The van der Waals surface area contributed by atoms with E-state index in [2.05, 4.69) is 70.5 Å². The van der Waals surface area contributed by atoms with Gasteiger partial charge in [0.2, 0.25) is 11.7 Å². The normalized spacial score (nSPS) is 10.8. The highest BCUT2D eigenvalue weighted by atomic mass is 16.1. The van der Waals surface area contributed by atoms with Gasteiger partial charge in [0.25, 0.3) is 0 Å². The molecule has 3 N–H and O–H groups in total. The molecule has 0 radical (unpaired) electrons. The van der Waals surface area contributed by atoms with E-state index in [1.54, 1.807) is 0 Å². The molecule has 0 fully saturated rings. The summed E-state index contributed by atoms with van der Waals surface area (Å²) in [4.78, 5) is 20.0. The standard InChI is InChI=1S/C25H25N11O/c1-2-12-36(16-17-8-4-3-5-9-17)23-14-18(26-24(37)15-22-28-32-33-29-22)13-21(27-23)19-10-6-7-11-20(19)25-30-34-35-31-25/h3-11,13-14H,2,12,15-16H2,1H3,(H,26,27,37)(H,28,29,32,33)(H,30,31,34,35). The number of hydrogen-bond donors (Lipinski definition) is 3. The third-order valence-electron chi connectivity index (χ3n) is 5.64. The maximum atomic E-state index is 12.8. The fourth-order valence-electron chi connectivity index (χ4n) is 4.02. The molecular weight excluding hydrogens is 470 g/mol. The third kappa shape index (κ3) is 5.81. The van der Waals surface area contributed by atoms with E-state index in [-0.39, 0.29) is 12.3 Å². The van der Waals surface area contributed by atoms with Crippen LogP contribution in [-0.2, 0) is 17.8 Å². The summed E-state index contributed by atoms with van der Waals surface area (Å²) in [6, 6.07) is 21.6. The Bertz CT molecular complexity index is 1440. The van der Waals surface area contributed by atoms with Crippen LogP contribution >= 0.6 is 0 Å². The number of rotatable bonds is 10. The van der Waals surface area contributed by atoms with Crippen LogP contribution in [0.15, 0.2) is 66.7 Å². The van der Waals surface area contributed by atoms with E-state index in [4.69, 9.17) is 4.98 Å². The Morgan fingerprint density at radius 1 is 0.973 bits per heavy atom. The topological polar surface area (TPSA) is 154 Å². The van der Waals surface area contributed by atoms with Gasteiger partial charge in [0.05, 0.1) is 12.1 Å². The molecule has 186 valence electrons. The first-order valence-electron chi connectivity index (χ1n) is 11.9. The zero-order valence-corrected chi connectivity index (χ0v) is 20.2. The van der Waals surface area contributed by atoms with Crippen molar-refractivity contribution in [1.82, 2.24) is 46.2 Å². The van der Waals surface area contributed by atoms with Crippen LogP contribution in [0.2, 0.25) is 0 Å². The van der Waals surface area contributed by atoms with Gasteiger partial charge in [0, 0.05) is 36.0 Å². The maximum Gasteiger partial charge on any atom is 0.232 e. The van der Waals surface area contributed by atoms with Gasteiger partial charge < -0.3 is 10.2 Å². The lowest BCUT2D eigenvalue weighted by atomic mass is 10.0. The van der Waals surface area contributed by atoms with Gasteiger partial charge in [-0.15, -0.1) is 15.3 Å². The number of carbonyl (C=O) groups is 1. The van der Waals surface area contributed by atoms with Gasteiger partial charge in [-0.25, -0.2) is 10.1 Å². The lowest BCUT2D eigenvalue weighted by Crippen LogP contribution is -2.25. The quantitative estimate of drug-likeness (QED) is 0.265. The molecule has 12 heteroatoms. The van der Waals surface area contributed by atoms with Crippen LogP contribution in [0.4, 0.5) is 11.5 Å². The van der Waals surface area contributed by atoms with Crippen molar-refractivity contribution >= 4 is 17.4 Å². The smallest absolute Gasteiger partial charge is 0.232 e. The summed E-state index contributed by atoms with van der Waals surface area (Å²) in [7, 11) is 0. The SMILES string of the molecule is CCCN(Cc1ccccc1)c1cc(NC(=O)Cc2nnn[nH]2)cc(-c2ccccc2-c2nn[nH]n2)n1. The number of nitrogens with zero attached hydrogens (tertiary/aromatic N) is 8. The number of hydrogen-bond acceptors (Lipinski definition) is 9. The van der Waals surface area contributed by atoms with E-state index in [1.165, 1.54) is 5.56 Å². The number of tetrazole rings is 2. The van der Waals surface area contributed by atoms with Crippen molar-refractivity contribution in [3.05, 3.63) is 78.1 Å². The fourth-order valence-corrected chi connectivity index (χ4v) is 4.02. The Hall–Kier alpha value is -5.00. The van der Waals surface area contributed by atoms with E-state index in [0.29, 0.717) is 29.6 Å². The van der Waals surface area contributed by atoms with Crippen LogP contribution in [0.5, 0.6) is 0 Å². The first-order chi connectivity index (χ1) is 18.2. The summed E-state index contributed by atoms with van der Waals surface area (Å²) in [5.41, 5.74) is 4.03. The molecule has 0 atom stereocenters. The van der Waals surface area contributed by atoms with Gasteiger partial charge >= 0.3 is 0 Å². The molecule has 0 bridgehead atoms. The van der Waals surface area contributed by atoms with Crippen molar-refractivity contribution in [2.24, 2.45) is 0 Å². The van der Waals surface area contributed by atoms with Crippen molar-refractivity contribution < 1.29 is 4.79 Å². The predicted molar refractivity (Wildman–Crippen MR) is 137 cm³/mol. The number of anilines is 2. The first kappa shape index (κ1) is 23.7. The van der Waals surface area contributed by atoms with Crippen molar-refractivity contribution in [3.8, 4) is 22.6 Å². The van der Waals surface area contributed by atoms with Crippen molar-refractivity contribution in [1.29, 1.82) is 0 Å². The van der Waals surface area contributed by atoms with Crippen molar-refractivity contribution in [2.45, 2.75) is 26.3 Å². The van der Waals surface area contributed by atoms with E-state index in [0.717, 1.165) is 29.9 Å². The zero-order chi connectivity index (χ0) is 25.5. The molecule has 0 aliphatic rings. The monoisotopic (exact) mass is 495 g/mol. The Balaban J connectivity index is 1.55. The van der Waals surface area contributed by atoms with Crippen LogP contribution in [0.25, 0.3) is 22.6 Å². The van der Waals surface area contributed by atoms with Crippen LogP contribution in [0.3, 0.4) is 0 Å². The Kier molecular flexibility index (Phi) is 7.16. The molecule has 5 aromatic rings. The molecule has 37 heavy (non-hydrogen) atoms. The van der Waals surface area contributed by atoms with Gasteiger partial charge in [-0.2, -0.15) is 5.21 Å². The number of aromatic nitrogens is 9. The van der Waals surface area contributed by atoms with Gasteiger partial charge in [-0.3, -0.25) is 4.79 Å². The second-order valence-electron chi connectivity index (χ2n) is 8.36. The highest BCUT2D eigenvalue weighted by Gasteiger charge is 2.17. The zero-order valence-electron chi connectivity index (χ0n) is 20.2. The van der Waals surface area contributed by atoms with Gasteiger partial charge in [0.1, 0.15) is 5.82 Å². The number of benzene rings is 2. The predicted octanol–water partition coefficient (Wildman–Crippen LogP) is 3.04. The fraction of sp³-hybridized carbons (Fsp3) is 0.200. The number of pyridine rings is 1. The minimum atomic E-state index is -0.252. The molecule has 0 aliphatic carbocycles. The summed E-state index contributed by atoms with van der Waals surface area (Å²) in [6.45, 7) is 3.59. The Morgan fingerprint density at radius 2 is 1.78 bits per heavy atom. The van der Waals surface area contributed by atoms with Crippen LogP contribution in [0, 0.1) is 0 Å². The summed E-state index contributed by atoms with van der Waals surface area (Å²) >= 11 is 0. The Morgan fingerprint density at radius 3 is 2.51 bits per heavy atom. The first-order valence-corrected chi connectivity index (χ1v) is 11.9. The van der Waals surface area contributed by atoms with Crippen molar-refractivity contribution in [3.63, 3.8) is 0 Å². The highest BCUT2D eigenvalue weighted by molar-refractivity contribution is 5.93. The molecule has 0 saturated carbocycles. The van der Waals surface area contributed by atoms with Gasteiger partial charge in [-0.1, -0.05) is 61.5 Å². The number of aromatic amines is 2. The lowest BCUT2D eigenvalue weighted by Gasteiger charge is -2.25. The second-order valence-corrected chi connectivity index (χ2v) is 8.36. The van der Waals surface area contributed by atoms with E-state index < -0.39 is 0 Å². The summed E-state index contributed by atoms with van der Waals surface area (Å²) in [5, 5.41) is 31.0. The van der Waals surface area contributed by atoms with Crippen molar-refractivity contribution in [2.75, 3.05) is 16.8 Å². The molecule has 3 heterocycles. The molecule has 0 aliphatic heterocycles. The van der Waals surface area contributed by atoms with Gasteiger partial charge in [-0.05, 0) is 33.7 Å². The summed E-state index contributed by atoms with van der Waals surface area (Å²) in [6.07, 6.45) is 0.945. The molecule has 1 amide bonds. The summed E-state index contributed by atoms with van der Waals surface area (Å²) in [5.74, 6) is 1.33. The average Bonchev–Trinajstić information content (AvgIpc) is 3.64. The third-order valence-corrected chi connectivity index (χ3v) is 5.64. The van der Waals surface area contributed by atoms with Crippen LogP contribution in [-0.4, -0.2) is 58.7 Å². The molecule has 0 spiro atoms. The van der Waals surface area contributed by atoms with Crippen LogP contribution < -0.4 is 10.2 Å². The molecule has 0 unspecified atom stereocenters. The number of nitrogens with one attached hydrogen (secondary N) is 3. The second kappa shape index (κ2) is 11.2. The number of H-pyrrole nitrogens is 2. The minimum absolute atomic E-state index is 0.0160. The molecular formula is C25H25N11O. The maximum absolute atomic E-state index is 12.8. The number of amides is 1. The number of carbonyl (C=O) groups excluding carboxylic acids is 1. The highest BCUT2D eigenvalue weighted by Crippen LogP contribution is 2.32. The molecule has 3 aromatic heterocycles. The minimum Gasteiger partial charge on any atom is -0.352 e. The average molecular weight is 496 g/mol. The molecule has 0 saturated heterocycles. The largest absolute Gasteiger partial charge is 0.352 e.